The summed E-state index contributed by atoms with van der Waals surface area (Å²) in [5, 5.41) is 10.3. The van der Waals surface area contributed by atoms with E-state index in [2.05, 4.69) is 47.3 Å². The molecule has 11 atom stereocenters. The van der Waals surface area contributed by atoms with Crippen LogP contribution in [0.1, 0.15) is 105 Å². The van der Waals surface area contributed by atoms with Gasteiger partial charge in [0.25, 0.3) is 0 Å². The molecular weight excluding hydrogens is 364 g/mol. The van der Waals surface area contributed by atoms with Gasteiger partial charge in [0.1, 0.15) is 0 Å². The first-order chi connectivity index (χ1) is 14.2. The van der Waals surface area contributed by atoms with E-state index in [1.54, 1.807) is 0 Å². The Labute approximate surface area is 187 Å². The lowest BCUT2D eigenvalue weighted by Crippen LogP contribution is -2.54. The Morgan fingerprint density at radius 2 is 1.60 bits per heavy atom. The van der Waals surface area contributed by atoms with Crippen LogP contribution >= 0.6 is 0 Å². The van der Waals surface area contributed by atoms with Gasteiger partial charge in [-0.3, -0.25) is 0 Å². The molecule has 0 bridgehead atoms. The van der Waals surface area contributed by atoms with Crippen LogP contribution in [0, 0.1) is 58.2 Å². The lowest BCUT2D eigenvalue weighted by atomic mass is 9.44. The molecule has 4 aliphatic carbocycles. The van der Waals surface area contributed by atoms with Crippen LogP contribution in [0.25, 0.3) is 0 Å². The predicted molar refractivity (Wildman–Crippen MR) is 128 cm³/mol. The van der Waals surface area contributed by atoms with Crippen LogP contribution in [0.3, 0.4) is 0 Å². The molecule has 0 amide bonds. The van der Waals surface area contributed by atoms with Gasteiger partial charge in [-0.2, -0.15) is 0 Å². The molecule has 4 fully saturated rings. The molecule has 4 saturated carbocycles. The van der Waals surface area contributed by atoms with E-state index in [1.165, 1.54) is 57.8 Å². The summed E-state index contributed by atoms with van der Waals surface area (Å²) >= 11 is 0. The van der Waals surface area contributed by atoms with Crippen LogP contribution < -0.4 is 0 Å². The van der Waals surface area contributed by atoms with Gasteiger partial charge in [0.05, 0.1) is 6.10 Å². The maximum Gasteiger partial charge on any atom is 0.0543 e. The zero-order valence-electron chi connectivity index (χ0n) is 20.7. The third kappa shape index (κ3) is 3.74. The summed E-state index contributed by atoms with van der Waals surface area (Å²) in [5.41, 5.74) is 1.11. The molecule has 0 aliphatic heterocycles. The summed E-state index contributed by atoms with van der Waals surface area (Å²) in [7, 11) is 0. The predicted octanol–water partition coefficient (Wildman–Crippen LogP) is 7.88. The first-order valence-electron chi connectivity index (χ1n) is 13.5. The second kappa shape index (κ2) is 8.57. The number of hydrogen-bond donors (Lipinski definition) is 1. The Hall–Kier alpha value is -0.300. The molecule has 1 N–H and O–H groups in total. The summed E-state index contributed by atoms with van der Waals surface area (Å²) in [5.74, 6) is 6.88. The SMILES string of the molecule is C=CC(C)C(C)CCC(C)C1CCC2C3CCC4CC(O)CCC4(C)C3CCC12C. The molecule has 30 heavy (non-hydrogen) atoms. The fraction of sp³-hybridized carbons (Fsp3) is 0.931. The van der Waals surface area contributed by atoms with Crippen molar-refractivity contribution in [3.8, 4) is 0 Å². The molecule has 0 saturated heterocycles. The van der Waals surface area contributed by atoms with E-state index in [-0.39, 0.29) is 6.10 Å². The summed E-state index contributed by atoms with van der Waals surface area (Å²) in [6.45, 7) is 16.7. The molecular formula is C29H50O. The molecule has 0 radical (unpaired) electrons. The lowest BCUT2D eigenvalue weighted by molar-refractivity contribution is -0.129. The minimum Gasteiger partial charge on any atom is -0.393 e. The Balaban J connectivity index is 1.44. The Bertz CT molecular complexity index is 611. The van der Waals surface area contributed by atoms with Gasteiger partial charge in [-0.05, 0) is 122 Å². The quantitative estimate of drug-likeness (QED) is 0.438. The van der Waals surface area contributed by atoms with Gasteiger partial charge in [-0.15, -0.1) is 6.58 Å². The van der Waals surface area contributed by atoms with Crippen LogP contribution in [0.5, 0.6) is 0 Å². The lowest BCUT2D eigenvalue weighted by Gasteiger charge is -2.61. The third-order valence-electron chi connectivity index (χ3n) is 11.7. The Kier molecular flexibility index (Phi) is 6.53. The first kappa shape index (κ1) is 22.9. The van der Waals surface area contributed by atoms with Crippen LogP contribution in [0.15, 0.2) is 12.7 Å². The second-order valence-electron chi connectivity index (χ2n) is 12.9. The number of allylic oxidation sites excluding steroid dienone is 1. The summed E-state index contributed by atoms with van der Waals surface area (Å²) in [6, 6.07) is 0. The van der Waals surface area contributed by atoms with Gasteiger partial charge in [-0.1, -0.05) is 47.1 Å². The van der Waals surface area contributed by atoms with Gasteiger partial charge in [0, 0.05) is 0 Å². The van der Waals surface area contributed by atoms with E-state index in [1.807, 2.05) is 0 Å². The van der Waals surface area contributed by atoms with E-state index in [9.17, 15) is 5.11 Å². The van der Waals surface area contributed by atoms with Crippen molar-refractivity contribution in [2.75, 3.05) is 0 Å². The first-order valence-corrected chi connectivity index (χ1v) is 13.5. The highest BCUT2D eigenvalue weighted by Gasteiger charge is 2.60. The molecule has 0 aromatic rings. The van der Waals surface area contributed by atoms with E-state index in [0.717, 1.165) is 54.3 Å². The molecule has 0 heterocycles. The average molecular weight is 415 g/mol. The average Bonchev–Trinajstić information content (AvgIpc) is 3.09. The smallest absolute Gasteiger partial charge is 0.0543 e. The minimum atomic E-state index is -0.0172. The fourth-order valence-corrected chi connectivity index (χ4v) is 9.43. The van der Waals surface area contributed by atoms with Crippen molar-refractivity contribution in [1.82, 2.24) is 0 Å². The highest BCUT2D eigenvalue weighted by molar-refractivity contribution is 5.09. The van der Waals surface area contributed by atoms with Crippen LogP contribution in [0.4, 0.5) is 0 Å². The largest absolute Gasteiger partial charge is 0.393 e. The molecule has 0 spiro atoms. The van der Waals surface area contributed by atoms with Gasteiger partial charge < -0.3 is 5.11 Å². The molecule has 4 aliphatic rings. The normalized spacial score (nSPS) is 48.7. The zero-order chi connectivity index (χ0) is 21.7. The van der Waals surface area contributed by atoms with Crippen molar-refractivity contribution in [2.24, 2.45) is 58.2 Å². The Morgan fingerprint density at radius 3 is 2.33 bits per heavy atom. The fourth-order valence-electron chi connectivity index (χ4n) is 9.43. The molecule has 11 unspecified atom stereocenters. The van der Waals surface area contributed by atoms with Crippen molar-refractivity contribution in [1.29, 1.82) is 0 Å². The van der Waals surface area contributed by atoms with Crippen molar-refractivity contribution >= 4 is 0 Å². The number of fused-ring (bicyclic) bond motifs is 5. The zero-order valence-corrected chi connectivity index (χ0v) is 20.7. The molecule has 1 nitrogen and oxygen atoms in total. The molecule has 172 valence electrons. The summed E-state index contributed by atoms with van der Waals surface area (Å²) < 4.78 is 0. The molecule has 4 rings (SSSR count). The highest BCUT2D eigenvalue weighted by Crippen LogP contribution is 2.68. The number of aliphatic hydroxyl groups excluding tert-OH is 1. The number of rotatable bonds is 6. The van der Waals surface area contributed by atoms with E-state index >= 15 is 0 Å². The van der Waals surface area contributed by atoms with Crippen molar-refractivity contribution in [2.45, 2.75) is 111 Å². The maximum atomic E-state index is 10.3. The summed E-state index contributed by atoms with van der Waals surface area (Å²) in [4.78, 5) is 0. The van der Waals surface area contributed by atoms with Crippen molar-refractivity contribution < 1.29 is 5.11 Å². The number of aliphatic hydroxyl groups is 1. The van der Waals surface area contributed by atoms with Gasteiger partial charge >= 0.3 is 0 Å². The van der Waals surface area contributed by atoms with Crippen molar-refractivity contribution in [3.63, 3.8) is 0 Å². The molecule has 1 heteroatoms. The minimum absolute atomic E-state index is 0.0172. The maximum absolute atomic E-state index is 10.3. The van der Waals surface area contributed by atoms with E-state index in [4.69, 9.17) is 0 Å². The van der Waals surface area contributed by atoms with Gasteiger partial charge in [0.2, 0.25) is 0 Å². The summed E-state index contributed by atoms with van der Waals surface area (Å²) in [6.07, 6.45) is 17.1. The van der Waals surface area contributed by atoms with Crippen molar-refractivity contribution in [3.05, 3.63) is 12.7 Å². The van der Waals surface area contributed by atoms with Crippen LogP contribution in [0.2, 0.25) is 0 Å². The van der Waals surface area contributed by atoms with Gasteiger partial charge in [-0.25, -0.2) is 0 Å². The monoisotopic (exact) mass is 414 g/mol. The molecule has 0 aromatic carbocycles. The highest BCUT2D eigenvalue weighted by atomic mass is 16.3. The third-order valence-corrected chi connectivity index (χ3v) is 11.7. The van der Waals surface area contributed by atoms with E-state index < -0.39 is 0 Å². The van der Waals surface area contributed by atoms with Gasteiger partial charge in [0.15, 0.2) is 0 Å². The molecule has 0 aromatic heterocycles. The standard InChI is InChI=1S/C29H50O/c1-7-19(2)20(3)8-9-21(4)25-12-13-26-24-11-10-22-18-23(30)14-16-28(22,5)27(24)15-17-29(25,26)6/h7,19-27,30H,1,8-18H2,2-6H3. The topological polar surface area (TPSA) is 20.2 Å². The Morgan fingerprint density at radius 1 is 0.900 bits per heavy atom. The van der Waals surface area contributed by atoms with Crippen LogP contribution in [-0.2, 0) is 0 Å². The van der Waals surface area contributed by atoms with Crippen LogP contribution in [-0.4, -0.2) is 11.2 Å². The number of hydrogen-bond acceptors (Lipinski definition) is 1. The second-order valence-corrected chi connectivity index (χ2v) is 12.9. The van der Waals surface area contributed by atoms with E-state index in [0.29, 0.717) is 16.7 Å².